The van der Waals surface area contributed by atoms with Gasteiger partial charge >= 0.3 is 5.97 Å². The molecule has 2 bridgehead atoms. The number of hydrogen-bond acceptors (Lipinski definition) is 5. The summed E-state index contributed by atoms with van der Waals surface area (Å²) in [6, 6.07) is 4.42. The van der Waals surface area contributed by atoms with E-state index in [4.69, 9.17) is 16.3 Å². The summed E-state index contributed by atoms with van der Waals surface area (Å²) in [4.78, 5) is 38.2. The lowest BCUT2D eigenvalue weighted by molar-refractivity contribution is -0.124. The number of amides is 2. The fraction of sp³-hybridized carbons (Fsp3) is 0.312. The maximum Gasteiger partial charge on any atom is 0.339 e. The van der Waals surface area contributed by atoms with Crippen molar-refractivity contribution in [3.05, 3.63) is 40.9 Å². The molecule has 2 amide bonds. The second kappa shape index (κ2) is 4.91. The number of ether oxygens (including phenoxy) is 2. The van der Waals surface area contributed by atoms with E-state index in [-0.39, 0.29) is 34.6 Å². The van der Waals surface area contributed by atoms with Gasteiger partial charge in [-0.2, -0.15) is 0 Å². The molecule has 0 aliphatic carbocycles. The Morgan fingerprint density at radius 2 is 1.78 bits per heavy atom. The topological polar surface area (TPSA) is 72.9 Å². The first-order valence-corrected chi connectivity index (χ1v) is 7.50. The fourth-order valence-corrected chi connectivity index (χ4v) is 3.67. The average Bonchev–Trinajstić information content (AvgIpc) is 3.22. The van der Waals surface area contributed by atoms with Crippen LogP contribution in [0.3, 0.4) is 0 Å². The minimum atomic E-state index is -0.624. The molecular formula is C16H12ClNO5. The van der Waals surface area contributed by atoms with Crippen molar-refractivity contribution in [2.45, 2.75) is 12.2 Å². The number of esters is 1. The van der Waals surface area contributed by atoms with Crippen molar-refractivity contribution in [2.75, 3.05) is 12.0 Å². The molecule has 2 saturated heterocycles. The van der Waals surface area contributed by atoms with Crippen molar-refractivity contribution in [3.8, 4) is 0 Å². The van der Waals surface area contributed by atoms with Gasteiger partial charge in [-0.15, -0.1) is 0 Å². The molecule has 0 aromatic heterocycles. The van der Waals surface area contributed by atoms with Gasteiger partial charge in [-0.3, -0.25) is 9.59 Å². The van der Waals surface area contributed by atoms with Crippen LogP contribution in [0.5, 0.6) is 0 Å². The third kappa shape index (κ3) is 1.88. The van der Waals surface area contributed by atoms with Crippen molar-refractivity contribution < 1.29 is 23.9 Å². The highest BCUT2D eigenvalue weighted by molar-refractivity contribution is 6.34. The minimum absolute atomic E-state index is 0.113. The Morgan fingerprint density at radius 3 is 2.35 bits per heavy atom. The smallest absolute Gasteiger partial charge is 0.339 e. The van der Waals surface area contributed by atoms with E-state index >= 15 is 0 Å². The van der Waals surface area contributed by atoms with Crippen molar-refractivity contribution in [3.63, 3.8) is 0 Å². The van der Waals surface area contributed by atoms with Gasteiger partial charge in [0.2, 0.25) is 11.8 Å². The third-order valence-electron chi connectivity index (χ3n) is 4.52. The number of benzene rings is 1. The van der Waals surface area contributed by atoms with E-state index < -0.39 is 17.8 Å². The first-order chi connectivity index (χ1) is 11.0. The van der Waals surface area contributed by atoms with Crippen LogP contribution in [0, 0.1) is 11.8 Å². The van der Waals surface area contributed by atoms with Gasteiger partial charge in [0.25, 0.3) is 0 Å². The zero-order chi connectivity index (χ0) is 16.3. The summed E-state index contributed by atoms with van der Waals surface area (Å²) in [5.74, 6) is -2.23. The lowest BCUT2D eigenvalue weighted by Crippen LogP contribution is -2.34. The van der Waals surface area contributed by atoms with Crippen molar-refractivity contribution in [1.82, 2.24) is 0 Å². The first kappa shape index (κ1) is 14.4. The Kier molecular flexibility index (Phi) is 3.08. The van der Waals surface area contributed by atoms with Gasteiger partial charge in [0, 0.05) is 0 Å². The molecule has 118 valence electrons. The molecule has 3 aliphatic heterocycles. The first-order valence-electron chi connectivity index (χ1n) is 7.12. The zero-order valence-electron chi connectivity index (χ0n) is 12.1. The van der Waals surface area contributed by atoms with Crippen molar-refractivity contribution in [1.29, 1.82) is 0 Å². The number of anilines is 1. The van der Waals surface area contributed by atoms with E-state index in [9.17, 15) is 14.4 Å². The average molecular weight is 334 g/mol. The van der Waals surface area contributed by atoms with Crippen LogP contribution in [0.25, 0.3) is 0 Å². The van der Waals surface area contributed by atoms with Crippen LogP contribution in [0.15, 0.2) is 30.4 Å². The van der Waals surface area contributed by atoms with E-state index in [1.807, 2.05) is 12.2 Å². The van der Waals surface area contributed by atoms with Crippen molar-refractivity contribution >= 4 is 35.1 Å². The second-order valence-corrected chi connectivity index (χ2v) is 6.08. The van der Waals surface area contributed by atoms with Crippen LogP contribution >= 0.6 is 11.6 Å². The Bertz CT molecular complexity index is 744. The molecule has 3 heterocycles. The summed E-state index contributed by atoms with van der Waals surface area (Å²) in [6.07, 6.45) is 2.95. The number of halogens is 1. The minimum Gasteiger partial charge on any atom is -0.465 e. The summed E-state index contributed by atoms with van der Waals surface area (Å²) in [5, 5.41) is 0.199. The van der Waals surface area contributed by atoms with Crippen LogP contribution in [0.4, 0.5) is 5.69 Å². The second-order valence-electron chi connectivity index (χ2n) is 5.67. The highest BCUT2D eigenvalue weighted by Crippen LogP contribution is 2.46. The SMILES string of the molecule is COC(=O)c1cc(N2C(=O)[C@@H]3[C@H](C2=O)[C@@H]2C=C[C@@H]3O2)ccc1Cl. The number of fused-ring (bicyclic) bond motifs is 5. The molecule has 6 nitrogen and oxygen atoms in total. The molecule has 0 spiro atoms. The third-order valence-corrected chi connectivity index (χ3v) is 4.85. The van der Waals surface area contributed by atoms with Crippen LogP contribution in [-0.4, -0.2) is 37.1 Å². The standard InChI is InChI=1S/C16H12ClNO5/c1-22-16(21)8-6-7(2-3-9(8)17)18-14(19)12-10-4-5-11(23-10)13(12)15(18)20/h2-6,10-13H,1H3/t10-,11-,12-,13+/m0/s1. The maximum atomic E-state index is 12.7. The Labute approximate surface area is 136 Å². The number of nitrogens with zero attached hydrogens (tertiary/aromatic N) is 1. The van der Waals surface area contributed by atoms with Gasteiger partial charge in [0.15, 0.2) is 0 Å². The van der Waals surface area contributed by atoms with Gasteiger partial charge in [0.05, 0.1) is 47.4 Å². The van der Waals surface area contributed by atoms with E-state index in [0.717, 1.165) is 4.90 Å². The zero-order valence-corrected chi connectivity index (χ0v) is 12.8. The predicted octanol–water partition coefficient (Wildman–Crippen LogP) is 1.57. The maximum absolute atomic E-state index is 12.7. The molecule has 23 heavy (non-hydrogen) atoms. The van der Waals surface area contributed by atoms with Crippen molar-refractivity contribution in [2.24, 2.45) is 11.8 Å². The van der Waals surface area contributed by atoms with Gasteiger partial charge in [0.1, 0.15) is 0 Å². The van der Waals surface area contributed by atoms with Crippen LogP contribution in [0.1, 0.15) is 10.4 Å². The Hall–Kier alpha value is -2.18. The molecule has 4 atom stereocenters. The van der Waals surface area contributed by atoms with E-state index in [0.29, 0.717) is 5.69 Å². The normalized spacial score (nSPS) is 31.0. The molecule has 3 aliphatic rings. The van der Waals surface area contributed by atoms with Crippen LogP contribution in [0.2, 0.25) is 5.02 Å². The highest BCUT2D eigenvalue weighted by Gasteiger charge is 2.61. The summed E-state index contributed by atoms with van der Waals surface area (Å²) >= 11 is 5.98. The summed E-state index contributed by atoms with van der Waals surface area (Å²) < 4.78 is 10.3. The van der Waals surface area contributed by atoms with Gasteiger partial charge in [-0.25, -0.2) is 9.69 Å². The number of carbonyl (C=O) groups is 3. The molecule has 1 aromatic carbocycles. The van der Waals surface area contributed by atoms with Crippen LogP contribution in [-0.2, 0) is 19.1 Å². The monoisotopic (exact) mass is 333 g/mol. The number of rotatable bonds is 2. The largest absolute Gasteiger partial charge is 0.465 e. The fourth-order valence-electron chi connectivity index (χ4n) is 3.48. The summed E-state index contributed by atoms with van der Waals surface area (Å²) in [7, 11) is 1.24. The summed E-state index contributed by atoms with van der Waals surface area (Å²) in [6.45, 7) is 0. The molecular weight excluding hydrogens is 322 g/mol. The molecule has 7 heteroatoms. The molecule has 0 saturated carbocycles. The molecule has 2 fully saturated rings. The molecule has 4 rings (SSSR count). The molecule has 1 aromatic rings. The Balaban J connectivity index is 1.73. The van der Waals surface area contributed by atoms with Gasteiger partial charge in [-0.05, 0) is 18.2 Å². The Morgan fingerprint density at radius 1 is 1.17 bits per heavy atom. The highest BCUT2D eigenvalue weighted by atomic mass is 35.5. The molecule has 0 N–H and O–H groups in total. The van der Waals surface area contributed by atoms with Crippen LogP contribution < -0.4 is 4.90 Å². The van der Waals surface area contributed by atoms with E-state index in [1.54, 1.807) is 6.07 Å². The van der Waals surface area contributed by atoms with E-state index in [1.165, 1.54) is 19.2 Å². The quantitative estimate of drug-likeness (QED) is 0.466. The van der Waals surface area contributed by atoms with Gasteiger partial charge < -0.3 is 9.47 Å². The lowest BCUT2D eigenvalue weighted by Gasteiger charge is -2.18. The molecule has 0 unspecified atom stereocenters. The predicted molar refractivity (Wildman–Crippen MR) is 80.1 cm³/mol. The van der Waals surface area contributed by atoms with Gasteiger partial charge in [-0.1, -0.05) is 23.8 Å². The number of carbonyl (C=O) groups excluding carboxylic acids is 3. The van der Waals surface area contributed by atoms with E-state index in [2.05, 4.69) is 4.74 Å². The number of methoxy groups -OCH3 is 1. The number of imide groups is 1. The lowest BCUT2D eigenvalue weighted by atomic mass is 9.85. The molecule has 0 radical (unpaired) electrons. The summed E-state index contributed by atoms with van der Waals surface area (Å²) in [5.41, 5.74) is 0.431. The number of hydrogen-bond donors (Lipinski definition) is 0.